The van der Waals surface area contributed by atoms with E-state index in [1.54, 1.807) is 0 Å². The number of hydrogen-bond acceptors (Lipinski definition) is 6. The van der Waals surface area contributed by atoms with Crippen LogP contribution in [0.3, 0.4) is 0 Å². The van der Waals surface area contributed by atoms with E-state index in [4.69, 9.17) is 15.2 Å². The van der Waals surface area contributed by atoms with Gasteiger partial charge < -0.3 is 20.5 Å². The Morgan fingerprint density at radius 3 is 2.45 bits per heavy atom. The van der Waals surface area contributed by atoms with Gasteiger partial charge in [0.15, 0.2) is 5.82 Å². The molecule has 1 rings (SSSR count). The summed E-state index contributed by atoms with van der Waals surface area (Å²) in [5.41, 5.74) is 6.59. The summed E-state index contributed by atoms with van der Waals surface area (Å²) in [5, 5.41) is 3.26. The van der Waals surface area contributed by atoms with Crippen LogP contribution < -0.4 is 15.8 Å². The highest BCUT2D eigenvalue weighted by Gasteiger charge is 2.14. The Bertz CT molecular complexity index is 450. The minimum Gasteiger partial charge on any atom is -0.476 e. The minimum absolute atomic E-state index is 0.217. The quantitative estimate of drug-likeness (QED) is 0.646. The molecule has 0 radical (unpaired) electrons. The molecule has 0 unspecified atom stereocenters. The van der Waals surface area contributed by atoms with Crippen molar-refractivity contribution in [3.8, 4) is 5.88 Å². The molecule has 0 saturated heterocycles. The molecule has 22 heavy (non-hydrogen) atoms. The summed E-state index contributed by atoms with van der Waals surface area (Å²) in [6.45, 7) is 12.3. The second kappa shape index (κ2) is 9.46. The first-order valence-corrected chi connectivity index (χ1v) is 8.11. The molecule has 0 bridgehead atoms. The monoisotopic (exact) mass is 310 g/mol. The SMILES string of the molecule is CCCOc1nc(C(C)C)nc(NCCCOC(C)C)c1N. The van der Waals surface area contributed by atoms with Crippen LogP contribution >= 0.6 is 0 Å². The molecule has 0 aliphatic heterocycles. The molecule has 6 nitrogen and oxygen atoms in total. The molecule has 0 spiro atoms. The van der Waals surface area contributed by atoms with Crippen molar-refractivity contribution in [3.63, 3.8) is 0 Å². The van der Waals surface area contributed by atoms with Crippen LogP contribution in [0.1, 0.15) is 59.2 Å². The number of ether oxygens (including phenoxy) is 2. The predicted molar refractivity (Wildman–Crippen MR) is 90.5 cm³/mol. The van der Waals surface area contributed by atoms with Crippen LogP contribution in [0.15, 0.2) is 0 Å². The highest BCUT2D eigenvalue weighted by atomic mass is 16.5. The van der Waals surface area contributed by atoms with Crippen LogP contribution in [0.25, 0.3) is 0 Å². The topological polar surface area (TPSA) is 82.3 Å². The molecule has 0 amide bonds. The molecule has 0 saturated carbocycles. The number of rotatable bonds is 10. The van der Waals surface area contributed by atoms with E-state index >= 15 is 0 Å². The summed E-state index contributed by atoms with van der Waals surface area (Å²) < 4.78 is 11.2. The van der Waals surface area contributed by atoms with Crippen LogP contribution in [0.5, 0.6) is 5.88 Å². The van der Waals surface area contributed by atoms with E-state index < -0.39 is 0 Å². The molecular weight excluding hydrogens is 280 g/mol. The first-order chi connectivity index (χ1) is 10.5. The third-order valence-electron chi connectivity index (χ3n) is 2.95. The minimum atomic E-state index is 0.217. The van der Waals surface area contributed by atoms with Gasteiger partial charge in [-0.3, -0.25) is 0 Å². The number of nitrogen functional groups attached to an aromatic ring is 1. The number of nitrogens with zero attached hydrogens (tertiary/aromatic N) is 2. The Balaban J connectivity index is 2.72. The number of nitrogens with two attached hydrogens (primary N) is 1. The average Bonchev–Trinajstić information content (AvgIpc) is 2.46. The van der Waals surface area contributed by atoms with Gasteiger partial charge in [-0.2, -0.15) is 4.98 Å². The second-order valence-corrected chi connectivity index (χ2v) is 5.85. The van der Waals surface area contributed by atoms with E-state index in [2.05, 4.69) is 36.1 Å². The molecule has 0 aliphatic rings. The molecule has 1 aromatic heterocycles. The molecule has 0 fully saturated rings. The number of aromatic nitrogens is 2. The van der Waals surface area contributed by atoms with Gasteiger partial charge in [0, 0.05) is 19.1 Å². The Kier molecular flexibility index (Phi) is 7.95. The number of anilines is 2. The van der Waals surface area contributed by atoms with E-state index in [-0.39, 0.29) is 12.0 Å². The van der Waals surface area contributed by atoms with Crippen LogP contribution in [-0.4, -0.2) is 35.8 Å². The van der Waals surface area contributed by atoms with Gasteiger partial charge in [0.2, 0.25) is 5.88 Å². The Morgan fingerprint density at radius 2 is 1.86 bits per heavy atom. The first kappa shape index (κ1) is 18.5. The lowest BCUT2D eigenvalue weighted by atomic mass is 10.2. The lowest BCUT2D eigenvalue weighted by Crippen LogP contribution is -2.14. The smallest absolute Gasteiger partial charge is 0.242 e. The summed E-state index contributed by atoms with van der Waals surface area (Å²) in [7, 11) is 0. The zero-order valence-electron chi connectivity index (χ0n) is 14.5. The van der Waals surface area contributed by atoms with Gasteiger partial charge in [0.1, 0.15) is 11.5 Å². The van der Waals surface area contributed by atoms with Crippen LogP contribution in [0.4, 0.5) is 11.5 Å². The van der Waals surface area contributed by atoms with Crippen molar-refractivity contribution < 1.29 is 9.47 Å². The Morgan fingerprint density at radius 1 is 1.14 bits per heavy atom. The fraction of sp³-hybridized carbons (Fsp3) is 0.750. The molecule has 126 valence electrons. The zero-order chi connectivity index (χ0) is 16.5. The van der Waals surface area contributed by atoms with E-state index in [9.17, 15) is 0 Å². The average molecular weight is 310 g/mol. The molecule has 0 aromatic carbocycles. The summed E-state index contributed by atoms with van der Waals surface area (Å²) in [4.78, 5) is 8.92. The van der Waals surface area contributed by atoms with Gasteiger partial charge in [0.25, 0.3) is 0 Å². The maximum atomic E-state index is 6.11. The van der Waals surface area contributed by atoms with Crippen LogP contribution in [-0.2, 0) is 4.74 Å². The van der Waals surface area contributed by atoms with Crippen LogP contribution in [0.2, 0.25) is 0 Å². The van der Waals surface area contributed by atoms with Crippen molar-refractivity contribution in [2.24, 2.45) is 0 Å². The normalized spacial score (nSPS) is 11.2. The van der Waals surface area contributed by atoms with Gasteiger partial charge in [-0.25, -0.2) is 4.98 Å². The summed E-state index contributed by atoms with van der Waals surface area (Å²) in [6, 6.07) is 0. The molecular formula is C16H30N4O2. The summed E-state index contributed by atoms with van der Waals surface area (Å²) >= 11 is 0. The van der Waals surface area contributed by atoms with Gasteiger partial charge in [-0.15, -0.1) is 0 Å². The van der Waals surface area contributed by atoms with E-state index in [0.717, 1.165) is 25.2 Å². The number of nitrogens with one attached hydrogen (secondary N) is 1. The van der Waals surface area contributed by atoms with E-state index in [1.165, 1.54) is 0 Å². The Labute approximate surface area is 133 Å². The lowest BCUT2D eigenvalue weighted by Gasteiger charge is -2.15. The van der Waals surface area contributed by atoms with Gasteiger partial charge in [-0.05, 0) is 26.7 Å². The molecule has 1 aromatic rings. The third kappa shape index (κ3) is 6.05. The highest BCUT2D eigenvalue weighted by molar-refractivity contribution is 5.67. The zero-order valence-corrected chi connectivity index (χ0v) is 14.5. The van der Waals surface area contributed by atoms with Crippen molar-refractivity contribution in [2.45, 2.75) is 59.5 Å². The fourth-order valence-electron chi connectivity index (χ4n) is 1.77. The van der Waals surface area contributed by atoms with Crippen molar-refractivity contribution in [3.05, 3.63) is 5.82 Å². The Hall–Kier alpha value is -1.56. The maximum Gasteiger partial charge on any atom is 0.242 e. The standard InChI is InChI=1S/C16H30N4O2/c1-6-9-22-16-13(17)15(19-14(20-16)11(2)3)18-8-7-10-21-12(4)5/h11-12H,6-10,17H2,1-5H3,(H,18,19,20). The third-order valence-corrected chi connectivity index (χ3v) is 2.95. The van der Waals surface area contributed by atoms with Gasteiger partial charge >= 0.3 is 0 Å². The molecule has 6 heteroatoms. The highest BCUT2D eigenvalue weighted by Crippen LogP contribution is 2.28. The summed E-state index contributed by atoms with van der Waals surface area (Å²) in [5.74, 6) is 2.08. The largest absolute Gasteiger partial charge is 0.476 e. The molecule has 3 N–H and O–H groups in total. The van der Waals surface area contributed by atoms with Crippen LogP contribution in [0, 0.1) is 0 Å². The molecule has 0 atom stereocenters. The maximum absolute atomic E-state index is 6.11. The van der Waals surface area contributed by atoms with Crippen molar-refractivity contribution >= 4 is 11.5 Å². The van der Waals surface area contributed by atoms with Crippen molar-refractivity contribution in [2.75, 3.05) is 30.8 Å². The van der Waals surface area contributed by atoms with Crippen molar-refractivity contribution in [1.29, 1.82) is 0 Å². The van der Waals surface area contributed by atoms with Gasteiger partial charge in [-0.1, -0.05) is 20.8 Å². The first-order valence-electron chi connectivity index (χ1n) is 8.11. The van der Waals surface area contributed by atoms with Crippen molar-refractivity contribution in [1.82, 2.24) is 9.97 Å². The molecule has 0 aliphatic carbocycles. The summed E-state index contributed by atoms with van der Waals surface area (Å²) in [6.07, 6.45) is 2.06. The predicted octanol–water partition coefficient (Wildman–Crippen LogP) is 3.20. The lowest BCUT2D eigenvalue weighted by molar-refractivity contribution is 0.0787. The molecule has 1 heterocycles. The fourth-order valence-corrected chi connectivity index (χ4v) is 1.77. The number of hydrogen-bond donors (Lipinski definition) is 2. The van der Waals surface area contributed by atoms with E-state index in [0.29, 0.717) is 30.6 Å². The van der Waals surface area contributed by atoms with E-state index in [1.807, 2.05) is 13.8 Å². The second-order valence-electron chi connectivity index (χ2n) is 5.85. The van der Waals surface area contributed by atoms with Gasteiger partial charge in [0.05, 0.1) is 12.7 Å².